The van der Waals surface area contributed by atoms with Gasteiger partial charge in [-0.3, -0.25) is 9.59 Å². The highest BCUT2D eigenvalue weighted by molar-refractivity contribution is 5.77. The Labute approximate surface area is 257 Å². The van der Waals surface area contributed by atoms with Gasteiger partial charge >= 0.3 is 6.09 Å². The first kappa shape index (κ1) is 40.9. The van der Waals surface area contributed by atoms with Crippen molar-refractivity contribution < 1.29 is 47.5 Å². The third-order valence-electron chi connectivity index (χ3n) is 5.40. The number of hydrogen-bond donors (Lipinski definition) is 4. The lowest BCUT2D eigenvalue weighted by Gasteiger charge is -2.23. The number of ether oxygens (including phenoxy) is 7. The van der Waals surface area contributed by atoms with E-state index in [9.17, 15) is 14.4 Å². The lowest BCUT2D eigenvalue weighted by Crippen LogP contribution is -2.40. The summed E-state index contributed by atoms with van der Waals surface area (Å²) in [4.78, 5) is 37.0. The van der Waals surface area contributed by atoms with Gasteiger partial charge < -0.3 is 54.8 Å². The maximum absolute atomic E-state index is 12.3. The van der Waals surface area contributed by atoms with E-state index in [1.165, 1.54) is 0 Å². The molecule has 0 spiro atoms. The summed E-state index contributed by atoms with van der Waals surface area (Å²) in [6.07, 6.45) is 1.45. The molecule has 1 unspecified atom stereocenters. The van der Waals surface area contributed by atoms with E-state index < -0.39 is 17.7 Å². The van der Waals surface area contributed by atoms with E-state index in [0.717, 1.165) is 13.0 Å². The van der Waals surface area contributed by atoms with Crippen LogP contribution in [0.1, 0.15) is 59.8 Å². The Bertz CT molecular complexity index is 653. The molecule has 0 aliphatic heterocycles. The molecule has 14 heteroatoms. The molecule has 0 saturated carbocycles. The quantitative estimate of drug-likeness (QED) is 0.0880. The van der Waals surface area contributed by atoms with Gasteiger partial charge in [0.2, 0.25) is 11.8 Å². The molecule has 0 aliphatic carbocycles. The number of alkyl carbamates (subject to hydrolysis) is 1. The van der Waals surface area contributed by atoms with E-state index in [-0.39, 0.29) is 24.7 Å². The van der Waals surface area contributed by atoms with E-state index in [0.29, 0.717) is 105 Å². The summed E-state index contributed by atoms with van der Waals surface area (Å²) in [6, 6.07) is -0.414. The molecule has 0 aromatic carbocycles. The predicted octanol–water partition coefficient (Wildman–Crippen LogP) is 1.14. The molecule has 0 heterocycles. The zero-order chi connectivity index (χ0) is 32.0. The van der Waals surface area contributed by atoms with E-state index in [4.69, 9.17) is 38.9 Å². The van der Waals surface area contributed by atoms with Crippen molar-refractivity contribution in [1.82, 2.24) is 16.0 Å². The van der Waals surface area contributed by atoms with Crippen LogP contribution in [0.3, 0.4) is 0 Å². The minimum atomic E-state index is -0.666. The van der Waals surface area contributed by atoms with Gasteiger partial charge in [0.25, 0.3) is 0 Å². The van der Waals surface area contributed by atoms with Crippen LogP contribution in [0, 0.1) is 0 Å². The van der Waals surface area contributed by atoms with Crippen LogP contribution in [0.2, 0.25) is 0 Å². The highest BCUT2D eigenvalue weighted by Crippen LogP contribution is 2.10. The number of amides is 3. The molecule has 0 saturated heterocycles. The van der Waals surface area contributed by atoms with Crippen molar-refractivity contribution in [3.05, 3.63) is 0 Å². The zero-order valence-electron chi connectivity index (χ0n) is 26.9. The molecule has 0 bridgehead atoms. The van der Waals surface area contributed by atoms with Crippen molar-refractivity contribution in [1.29, 1.82) is 0 Å². The van der Waals surface area contributed by atoms with Crippen LogP contribution in [0.15, 0.2) is 0 Å². The molecule has 3 amide bonds. The number of carbonyl (C=O) groups is 3. The smallest absolute Gasteiger partial charge is 0.407 e. The van der Waals surface area contributed by atoms with Crippen molar-refractivity contribution >= 4 is 17.9 Å². The van der Waals surface area contributed by atoms with Gasteiger partial charge in [0.05, 0.1) is 72.7 Å². The SMILES string of the molecule is CCCOCCOCCOCCNC(=O)CCC(CCC(=O)NCCOCCOCCOCCN)NC(=O)OC(C)(C)C. The number of carbonyl (C=O) groups excluding carboxylic acids is 3. The molecular formula is C29H58N4O10. The Balaban J connectivity index is 4.17. The average molecular weight is 623 g/mol. The molecule has 14 nitrogen and oxygen atoms in total. The molecule has 1 atom stereocenters. The van der Waals surface area contributed by atoms with E-state index in [2.05, 4.69) is 22.9 Å². The minimum absolute atomic E-state index is 0.169. The van der Waals surface area contributed by atoms with Gasteiger partial charge in [-0.1, -0.05) is 6.92 Å². The maximum atomic E-state index is 12.3. The van der Waals surface area contributed by atoms with Crippen LogP contribution in [-0.2, 0) is 42.7 Å². The number of hydrogen-bond acceptors (Lipinski definition) is 11. The predicted molar refractivity (Wildman–Crippen MR) is 162 cm³/mol. The van der Waals surface area contributed by atoms with E-state index in [1.54, 1.807) is 20.8 Å². The fourth-order valence-electron chi connectivity index (χ4n) is 3.39. The molecule has 0 rings (SSSR count). The first-order valence-electron chi connectivity index (χ1n) is 15.4. The van der Waals surface area contributed by atoms with Crippen molar-refractivity contribution in [2.24, 2.45) is 5.73 Å². The van der Waals surface area contributed by atoms with Gasteiger partial charge in [0.1, 0.15) is 5.60 Å². The van der Waals surface area contributed by atoms with Crippen LogP contribution in [-0.4, -0.2) is 128 Å². The lowest BCUT2D eigenvalue weighted by atomic mass is 10.1. The zero-order valence-corrected chi connectivity index (χ0v) is 26.9. The van der Waals surface area contributed by atoms with Crippen molar-refractivity contribution in [3.63, 3.8) is 0 Å². The van der Waals surface area contributed by atoms with E-state index in [1.807, 2.05) is 0 Å². The monoisotopic (exact) mass is 622 g/mol. The Kier molecular flexibility index (Phi) is 27.3. The molecular weight excluding hydrogens is 564 g/mol. The van der Waals surface area contributed by atoms with Crippen LogP contribution in [0.25, 0.3) is 0 Å². The summed E-state index contributed by atoms with van der Waals surface area (Å²) in [5, 5.41) is 8.38. The second-order valence-electron chi connectivity index (χ2n) is 10.6. The molecule has 0 aromatic heterocycles. The van der Waals surface area contributed by atoms with Crippen molar-refractivity contribution in [2.45, 2.75) is 71.4 Å². The van der Waals surface area contributed by atoms with E-state index >= 15 is 0 Å². The van der Waals surface area contributed by atoms with Gasteiger partial charge in [0, 0.05) is 45.1 Å². The van der Waals surface area contributed by atoms with Crippen molar-refractivity contribution in [3.8, 4) is 0 Å². The van der Waals surface area contributed by atoms with Gasteiger partial charge in [-0.15, -0.1) is 0 Å². The molecule has 0 radical (unpaired) electrons. The summed E-state index contributed by atoms with van der Waals surface area (Å²) in [5.74, 6) is -0.343. The number of nitrogens with one attached hydrogen (secondary N) is 3. The average Bonchev–Trinajstić information content (AvgIpc) is 2.95. The van der Waals surface area contributed by atoms with Crippen LogP contribution < -0.4 is 21.7 Å². The van der Waals surface area contributed by atoms with Gasteiger partial charge in [-0.2, -0.15) is 0 Å². The van der Waals surface area contributed by atoms with Gasteiger partial charge in [-0.25, -0.2) is 4.79 Å². The topological polar surface area (TPSA) is 178 Å². The molecule has 0 fully saturated rings. The highest BCUT2D eigenvalue weighted by atomic mass is 16.6. The van der Waals surface area contributed by atoms with Crippen LogP contribution in [0.4, 0.5) is 4.79 Å². The Hall–Kier alpha value is -2.07. The normalized spacial score (nSPS) is 12.1. The number of nitrogens with two attached hydrogens (primary N) is 1. The fourth-order valence-corrected chi connectivity index (χ4v) is 3.39. The second kappa shape index (κ2) is 28.7. The summed E-state index contributed by atoms with van der Waals surface area (Å²) in [5.41, 5.74) is 4.67. The standard InChI is InChI=1S/C29H58N4O10/c1-5-13-37-17-21-41-23-19-39-15-11-31-26(34)8-6-25(33-28(36)43-29(2,3)4)7-9-27(35)32-12-16-40-20-24-42-22-18-38-14-10-30/h25H,5-24,30H2,1-4H3,(H,31,34)(H,32,35)(H,33,36). The second-order valence-corrected chi connectivity index (χ2v) is 10.6. The highest BCUT2D eigenvalue weighted by Gasteiger charge is 2.21. The van der Waals surface area contributed by atoms with Gasteiger partial charge in [-0.05, 0) is 40.0 Å². The van der Waals surface area contributed by atoms with Crippen molar-refractivity contribution in [2.75, 3.05) is 98.9 Å². The number of rotatable bonds is 29. The third-order valence-corrected chi connectivity index (χ3v) is 5.40. The fraction of sp³-hybridized carbons (Fsp3) is 0.897. The molecule has 254 valence electrons. The Morgan fingerprint density at radius 3 is 1.42 bits per heavy atom. The Morgan fingerprint density at radius 1 is 0.628 bits per heavy atom. The van der Waals surface area contributed by atoms with Crippen LogP contribution in [0.5, 0.6) is 0 Å². The third kappa shape index (κ3) is 31.2. The lowest BCUT2D eigenvalue weighted by molar-refractivity contribution is -0.121. The molecule has 0 aliphatic rings. The van der Waals surface area contributed by atoms with Crippen LogP contribution >= 0.6 is 0 Å². The molecule has 43 heavy (non-hydrogen) atoms. The molecule has 5 N–H and O–H groups in total. The minimum Gasteiger partial charge on any atom is -0.444 e. The first-order chi connectivity index (χ1) is 20.7. The summed E-state index contributed by atoms with van der Waals surface area (Å²) in [7, 11) is 0. The molecule has 0 aromatic rings. The maximum Gasteiger partial charge on any atom is 0.407 e. The summed E-state index contributed by atoms with van der Waals surface area (Å²) >= 11 is 0. The first-order valence-corrected chi connectivity index (χ1v) is 15.4. The van der Waals surface area contributed by atoms with Gasteiger partial charge in [0.15, 0.2) is 0 Å². The largest absolute Gasteiger partial charge is 0.444 e. The Morgan fingerprint density at radius 2 is 1.02 bits per heavy atom. The summed E-state index contributed by atoms with van der Waals surface area (Å²) in [6.45, 7) is 14.3. The summed E-state index contributed by atoms with van der Waals surface area (Å²) < 4.78 is 37.6.